The number of nitrogens with zero attached hydrogens (tertiary/aromatic N) is 2. The van der Waals surface area contributed by atoms with Gasteiger partial charge in [-0.25, -0.2) is 9.18 Å². The van der Waals surface area contributed by atoms with E-state index in [0.717, 1.165) is 19.2 Å². The van der Waals surface area contributed by atoms with Crippen molar-refractivity contribution >= 4 is 12.2 Å². The number of ether oxygens (including phenoxy) is 1. The first-order chi connectivity index (χ1) is 12.2. The topological polar surface area (TPSA) is 62.5 Å². The lowest BCUT2D eigenvalue weighted by Crippen LogP contribution is -2.28. The van der Waals surface area contributed by atoms with E-state index in [1.54, 1.807) is 0 Å². The molecule has 0 saturated carbocycles. The fourth-order valence-electron chi connectivity index (χ4n) is 2.98. The van der Waals surface area contributed by atoms with Crippen LogP contribution >= 0.6 is 0 Å². The molecule has 0 radical (unpaired) electrons. The lowest BCUT2D eigenvalue weighted by atomic mass is 9.76. The fraction of sp³-hybridized carbons (Fsp3) is 0.389. The number of hydrogen-bond donors (Lipinski definition) is 0. The normalized spacial score (nSPS) is 20.0. The predicted octanol–water partition coefficient (Wildman–Crippen LogP) is 4.38. The molecule has 0 saturated heterocycles. The van der Waals surface area contributed by atoms with Crippen molar-refractivity contribution in [3.05, 3.63) is 46.4 Å². The second kappa shape index (κ2) is 7.68. The Morgan fingerprint density at radius 3 is 2.62 bits per heavy atom. The van der Waals surface area contributed by atoms with Gasteiger partial charge in [-0.15, -0.1) is 0 Å². The molecule has 1 aliphatic rings. The summed E-state index contributed by atoms with van der Waals surface area (Å²) in [5.74, 6) is -4.27. The molecule has 0 bridgehead atoms. The van der Waals surface area contributed by atoms with Crippen molar-refractivity contribution in [2.45, 2.75) is 31.9 Å². The summed E-state index contributed by atoms with van der Waals surface area (Å²) in [5.41, 5.74) is -1.41. The Balaban J connectivity index is 2.77. The molecular weight excluding hydrogens is 352 g/mol. The van der Waals surface area contributed by atoms with Gasteiger partial charge >= 0.3 is 12.1 Å². The van der Waals surface area contributed by atoms with Crippen LogP contribution in [0.15, 0.2) is 34.5 Å². The average Bonchev–Trinajstić information content (AvgIpc) is 2.60. The maximum absolute atomic E-state index is 13.5. The summed E-state index contributed by atoms with van der Waals surface area (Å²) in [6, 6.07) is 4.06. The molecule has 0 fully saturated rings. The molecule has 1 aromatic rings. The Hall–Kier alpha value is -2.69. The highest BCUT2D eigenvalue weighted by Crippen LogP contribution is 2.44. The van der Waals surface area contributed by atoms with Crippen LogP contribution in [0, 0.1) is 23.1 Å². The largest absolute Gasteiger partial charge is 0.466 e. The van der Waals surface area contributed by atoms with Gasteiger partial charge in [0.05, 0.1) is 35.9 Å². The van der Waals surface area contributed by atoms with E-state index in [-0.39, 0.29) is 16.8 Å². The summed E-state index contributed by atoms with van der Waals surface area (Å²) in [4.78, 5) is 16.4. The van der Waals surface area contributed by atoms with Gasteiger partial charge < -0.3 is 4.74 Å². The van der Waals surface area contributed by atoms with Crippen molar-refractivity contribution in [3.8, 4) is 6.07 Å². The summed E-state index contributed by atoms with van der Waals surface area (Å²) < 4.78 is 58.5. The van der Waals surface area contributed by atoms with Crippen LogP contribution in [0.3, 0.4) is 0 Å². The van der Waals surface area contributed by atoms with E-state index in [1.165, 1.54) is 6.21 Å². The zero-order valence-electron chi connectivity index (χ0n) is 14.1. The van der Waals surface area contributed by atoms with E-state index >= 15 is 0 Å². The van der Waals surface area contributed by atoms with Crippen LogP contribution in [0.2, 0.25) is 0 Å². The third-order valence-electron chi connectivity index (χ3n) is 4.07. The zero-order valence-corrected chi connectivity index (χ0v) is 14.1. The van der Waals surface area contributed by atoms with Crippen LogP contribution < -0.4 is 0 Å². The molecule has 1 aromatic carbocycles. The molecule has 4 nitrogen and oxygen atoms in total. The minimum Gasteiger partial charge on any atom is -0.466 e. The van der Waals surface area contributed by atoms with E-state index in [9.17, 15) is 27.6 Å². The number of benzene rings is 1. The number of esters is 1. The smallest absolute Gasteiger partial charge is 0.416 e. The molecule has 138 valence electrons. The number of methoxy groups -OCH3 is 1. The Bertz CT molecular complexity index is 806. The maximum atomic E-state index is 13.5. The van der Waals surface area contributed by atoms with E-state index in [4.69, 9.17) is 4.74 Å². The van der Waals surface area contributed by atoms with Gasteiger partial charge in [-0.05, 0) is 24.1 Å². The molecule has 2 rings (SSSR count). The van der Waals surface area contributed by atoms with E-state index in [2.05, 4.69) is 4.99 Å². The van der Waals surface area contributed by atoms with Crippen LogP contribution in [0.4, 0.5) is 17.6 Å². The van der Waals surface area contributed by atoms with Gasteiger partial charge in [0.1, 0.15) is 5.82 Å². The lowest BCUT2D eigenvalue weighted by molar-refractivity contribution is -0.140. The molecule has 0 aliphatic carbocycles. The highest BCUT2D eigenvalue weighted by Gasteiger charge is 2.42. The average molecular weight is 368 g/mol. The Labute approximate surface area is 147 Å². The first kappa shape index (κ1) is 19.6. The van der Waals surface area contributed by atoms with Crippen LogP contribution in [-0.2, 0) is 15.7 Å². The van der Waals surface area contributed by atoms with Gasteiger partial charge in [0.15, 0.2) is 0 Å². The number of rotatable bonds is 4. The number of alkyl halides is 3. The third kappa shape index (κ3) is 3.77. The number of hydrogen-bond acceptors (Lipinski definition) is 4. The number of carbonyl (C=O) groups is 1. The molecule has 2 atom stereocenters. The van der Waals surface area contributed by atoms with Gasteiger partial charge in [-0.1, -0.05) is 19.4 Å². The molecule has 8 heteroatoms. The monoisotopic (exact) mass is 368 g/mol. The molecule has 1 heterocycles. The highest BCUT2D eigenvalue weighted by atomic mass is 19.4. The minimum atomic E-state index is -4.85. The van der Waals surface area contributed by atoms with Crippen molar-refractivity contribution in [2.75, 3.05) is 7.11 Å². The van der Waals surface area contributed by atoms with Crippen LogP contribution in [-0.4, -0.2) is 19.3 Å². The van der Waals surface area contributed by atoms with E-state index in [1.807, 2.05) is 13.0 Å². The zero-order chi connectivity index (χ0) is 19.5. The summed E-state index contributed by atoms with van der Waals surface area (Å²) >= 11 is 0. The van der Waals surface area contributed by atoms with E-state index < -0.39 is 35.4 Å². The van der Waals surface area contributed by atoms with Crippen LogP contribution in [0.1, 0.15) is 36.8 Å². The minimum absolute atomic E-state index is 0.0968. The summed E-state index contributed by atoms with van der Waals surface area (Å²) in [5, 5.41) is 9.39. The first-order valence-corrected chi connectivity index (χ1v) is 7.86. The Morgan fingerprint density at radius 1 is 1.38 bits per heavy atom. The van der Waals surface area contributed by atoms with Gasteiger partial charge in [0, 0.05) is 12.1 Å². The van der Waals surface area contributed by atoms with Crippen molar-refractivity contribution < 1.29 is 27.1 Å². The third-order valence-corrected chi connectivity index (χ3v) is 4.07. The van der Waals surface area contributed by atoms with E-state index in [0.29, 0.717) is 18.9 Å². The number of nitriles is 1. The standard InChI is InChI=1S/C18H16F4N2O2/c1-3-4-14-16(17(25)26-2)15(10(8-23)9-24-14)12-6-5-11(19)7-13(12)18(20,21)22/h5-7,9-10,15H,3-4H2,1-2H3. The summed E-state index contributed by atoms with van der Waals surface area (Å²) in [7, 11) is 1.10. The lowest BCUT2D eigenvalue weighted by Gasteiger charge is -2.29. The van der Waals surface area contributed by atoms with Crippen LogP contribution in [0.5, 0.6) is 0 Å². The molecule has 26 heavy (non-hydrogen) atoms. The summed E-state index contributed by atoms with van der Waals surface area (Å²) in [6.45, 7) is 1.82. The summed E-state index contributed by atoms with van der Waals surface area (Å²) in [6.07, 6.45) is -2.70. The quantitative estimate of drug-likeness (QED) is 0.585. The number of halogens is 4. The molecule has 0 aromatic heterocycles. The van der Waals surface area contributed by atoms with Gasteiger partial charge in [-0.3, -0.25) is 4.99 Å². The molecule has 1 aliphatic heterocycles. The van der Waals surface area contributed by atoms with Crippen molar-refractivity contribution in [1.29, 1.82) is 5.26 Å². The molecule has 0 amide bonds. The SMILES string of the molecule is CCCC1=C(C(=O)OC)C(c2ccc(F)cc2C(F)(F)F)C(C#N)C=N1. The second-order valence-electron chi connectivity index (χ2n) is 5.74. The van der Waals surface area contributed by atoms with Crippen molar-refractivity contribution in [1.82, 2.24) is 0 Å². The molecule has 0 spiro atoms. The maximum Gasteiger partial charge on any atom is 0.416 e. The van der Waals surface area contributed by atoms with Crippen molar-refractivity contribution in [2.24, 2.45) is 10.9 Å². The van der Waals surface area contributed by atoms with Gasteiger partial charge in [-0.2, -0.15) is 18.4 Å². The fourth-order valence-corrected chi connectivity index (χ4v) is 2.98. The molecular formula is C18H16F4N2O2. The van der Waals surface area contributed by atoms with Gasteiger partial charge in [0.25, 0.3) is 0 Å². The highest BCUT2D eigenvalue weighted by molar-refractivity contribution is 5.94. The Morgan fingerprint density at radius 2 is 2.08 bits per heavy atom. The molecule has 0 N–H and O–H groups in total. The second-order valence-corrected chi connectivity index (χ2v) is 5.74. The number of aliphatic imine (C=N–C) groups is 1. The van der Waals surface area contributed by atoms with Crippen LogP contribution in [0.25, 0.3) is 0 Å². The number of allylic oxidation sites excluding steroid dienone is 1. The Kier molecular flexibility index (Phi) is 5.80. The predicted molar refractivity (Wildman–Crippen MR) is 85.7 cm³/mol. The molecule has 2 unspecified atom stereocenters. The van der Waals surface area contributed by atoms with Gasteiger partial charge in [0.2, 0.25) is 0 Å². The number of carbonyl (C=O) groups excluding carboxylic acids is 1. The first-order valence-electron chi connectivity index (χ1n) is 7.86. The van der Waals surface area contributed by atoms with Crippen molar-refractivity contribution in [3.63, 3.8) is 0 Å².